The van der Waals surface area contributed by atoms with Crippen LogP contribution in [0, 0.1) is 40.4 Å². The first kappa shape index (κ1) is 21.7. The molecule has 0 aromatic rings. The van der Waals surface area contributed by atoms with Crippen molar-refractivity contribution in [1.82, 2.24) is 0 Å². The van der Waals surface area contributed by atoms with E-state index in [0.717, 1.165) is 38.5 Å². The Kier molecular flexibility index (Phi) is 5.71. The SMILES string of the molecule is C[C@H]1C[C@H]2[C@@H]3CC[C@H](C(=O)COC(=O)CCO)[C@@]3(C)CC[C@@H]2[C@@]2(C)CCC(=O)C=C12. The van der Waals surface area contributed by atoms with Crippen LogP contribution in [0.3, 0.4) is 0 Å². The van der Waals surface area contributed by atoms with Gasteiger partial charge in [-0.1, -0.05) is 26.3 Å². The minimum absolute atomic E-state index is 0.0244. The van der Waals surface area contributed by atoms with Crippen molar-refractivity contribution >= 4 is 17.5 Å². The maximum Gasteiger partial charge on any atom is 0.308 e. The zero-order chi connectivity index (χ0) is 21.7. The van der Waals surface area contributed by atoms with Crippen LogP contribution in [0.1, 0.15) is 72.1 Å². The number of rotatable bonds is 5. The molecule has 3 fully saturated rings. The summed E-state index contributed by atoms with van der Waals surface area (Å²) in [5.41, 5.74) is 1.48. The second kappa shape index (κ2) is 7.89. The van der Waals surface area contributed by atoms with Crippen LogP contribution in [0.15, 0.2) is 11.6 Å². The predicted molar refractivity (Wildman–Crippen MR) is 112 cm³/mol. The van der Waals surface area contributed by atoms with Crippen LogP contribution in [0.25, 0.3) is 0 Å². The molecule has 0 radical (unpaired) electrons. The van der Waals surface area contributed by atoms with Crippen molar-refractivity contribution < 1.29 is 24.2 Å². The highest BCUT2D eigenvalue weighted by molar-refractivity contribution is 5.91. The van der Waals surface area contributed by atoms with Crippen molar-refractivity contribution in [3.8, 4) is 0 Å². The number of Topliss-reactive ketones (excluding diaryl/α,β-unsaturated/α-hetero) is 1. The number of hydrogen-bond donors (Lipinski definition) is 1. The van der Waals surface area contributed by atoms with E-state index in [-0.39, 0.29) is 47.9 Å². The summed E-state index contributed by atoms with van der Waals surface area (Å²) in [4.78, 5) is 36.7. The minimum atomic E-state index is -0.505. The number of carbonyl (C=O) groups is 3. The molecule has 0 aliphatic heterocycles. The van der Waals surface area contributed by atoms with Crippen molar-refractivity contribution in [2.75, 3.05) is 13.2 Å². The van der Waals surface area contributed by atoms with Gasteiger partial charge in [-0.25, -0.2) is 0 Å². The summed E-state index contributed by atoms with van der Waals surface area (Å²) in [5, 5.41) is 8.85. The Hall–Kier alpha value is -1.49. The van der Waals surface area contributed by atoms with Crippen molar-refractivity contribution in [3.63, 3.8) is 0 Å². The second-order valence-electron chi connectivity index (χ2n) is 10.8. The van der Waals surface area contributed by atoms with Gasteiger partial charge in [-0.3, -0.25) is 14.4 Å². The maximum absolute atomic E-state index is 13.0. The fourth-order valence-electron chi connectivity index (χ4n) is 7.93. The number of carbonyl (C=O) groups excluding carboxylic acids is 3. The number of aliphatic hydroxyl groups excluding tert-OH is 1. The third-order valence-electron chi connectivity index (χ3n) is 9.36. The Morgan fingerprint density at radius 2 is 1.93 bits per heavy atom. The number of allylic oxidation sites excluding steroid dienone is 1. The van der Waals surface area contributed by atoms with E-state index in [4.69, 9.17) is 9.84 Å². The Morgan fingerprint density at radius 3 is 2.67 bits per heavy atom. The molecule has 0 heterocycles. The molecule has 5 heteroatoms. The number of aliphatic hydroxyl groups is 1. The van der Waals surface area contributed by atoms with Crippen LogP contribution in [0.5, 0.6) is 0 Å². The zero-order valence-corrected chi connectivity index (χ0v) is 18.6. The molecule has 166 valence electrons. The number of hydrogen-bond acceptors (Lipinski definition) is 5. The Morgan fingerprint density at radius 1 is 1.17 bits per heavy atom. The van der Waals surface area contributed by atoms with E-state index in [2.05, 4.69) is 20.8 Å². The van der Waals surface area contributed by atoms with Gasteiger partial charge < -0.3 is 9.84 Å². The summed E-state index contributed by atoms with van der Waals surface area (Å²) in [6.07, 6.45) is 8.74. The summed E-state index contributed by atoms with van der Waals surface area (Å²) < 4.78 is 5.11. The highest BCUT2D eigenvalue weighted by atomic mass is 16.5. The summed E-state index contributed by atoms with van der Waals surface area (Å²) in [6, 6.07) is 0. The molecule has 0 aromatic heterocycles. The molecule has 30 heavy (non-hydrogen) atoms. The number of esters is 1. The fourth-order valence-corrected chi connectivity index (χ4v) is 7.93. The van der Waals surface area contributed by atoms with Gasteiger partial charge in [0.05, 0.1) is 13.0 Å². The quantitative estimate of drug-likeness (QED) is 0.688. The van der Waals surface area contributed by atoms with E-state index in [1.807, 2.05) is 6.08 Å². The standard InChI is InChI=1S/C25H36O5/c1-15-12-17-18-4-5-20(22(28)14-30-23(29)8-11-26)24(18,2)10-7-19(17)25(3)9-6-16(27)13-21(15)25/h13,15,17-20,26H,4-12,14H2,1-3H3/t15-,17-,18-,19-,20+,24-,25+/m0/s1. The predicted octanol–water partition coefficient (Wildman–Crippen LogP) is 3.88. The topological polar surface area (TPSA) is 80.7 Å². The van der Waals surface area contributed by atoms with Gasteiger partial charge in [0, 0.05) is 12.3 Å². The van der Waals surface area contributed by atoms with E-state index in [1.165, 1.54) is 5.57 Å². The lowest BCUT2D eigenvalue weighted by Crippen LogP contribution is -2.53. The van der Waals surface area contributed by atoms with Gasteiger partial charge in [-0.05, 0) is 79.1 Å². The lowest BCUT2D eigenvalue weighted by atomic mass is 9.45. The Balaban J connectivity index is 1.52. The summed E-state index contributed by atoms with van der Waals surface area (Å²) in [5.74, 6) is 1.94. The molecule has 0 aromatic carbocycles. The molecule has 7 atom stereocenters. The third-order valence-corrected chi connectivity index (χ3v) is 9.36. The average molecular weight is 417 g/mol. The molecule has 1 N–H and O–H groups in total. The highest BCUT2D eigenvalue weighted by Crippen LogP contribution is 2.67. The molecule has 0 amide bonds. The lowest BCUT2D eigenvalue weighted by Gasteiger charge is -2.59. The maximum atomic E-state index is 13.0. The van der Waals surface area contributed by atoms with Gasteiger partial charge in [0.1, 0.15) is 6.61 Å². The van der Waals surface area contributed by atoms with E-state index >= 15 is 0 Å². The molecule has 4 aliphatic rings. The molecule has 3 saturated carbocycles. The van der Waals surface area contributed by atoms with Crippen LogP contribution in [0.4, 0.5) is 0 Å². The first-order valence-corrected chi connectivity index (χ1v) is 11.7. The van der Waals surface area contributed by atoms with E-state index < -0.39 is 5.97 Å². The number of ketones is 2. The summed E-state index contributed by atoms with van der Waals surface area (Å²) in [7, 11) is 0. The molecule has 0 bridgehead atoms. The van der Waals surface area contributed by atoms with Gasteiger partial charge in [-0.15, -0.1) is 0 Å². The molecule has 4 rings (SSSR count). The van der Waals surface area contributed by atoms with E-state index in [1.54, 1.807) is 0 Å². The fraction of sp³-hybridized carbons (Fsp3) is 0.800. The first-order valence-electron chi connectivity index (χ1n) is 11.7. The highest BCUT2D eigenvalue weighted by Gasteiger charge is 2.61. The van der Waals surface area contributed by atoms with Crippen LogP contribution >= 0.6 is 0 Å². The van der Waals surface area contributed by atoms with Gasteiger partial charge in [0.25, 0.3) is 0 Å². The van der Waals surface area contributed by atoms with Crippen molar-refractivity contribution in [3.05, 3.63) is 11.6 Å². The number of fused-ring (bicyclic) bond motifs is 5. The van der Waals surface area contributed by atoms with Crippen LogP contribution < -0.4 is 0 Å². The van der Waals surface area contributed by atoms with Crippen LogP contribution in [-0.4, -0.2) is 35.9 Å². The number of ether oxygens (including phenoxy) is 1. The molecular formula is C25H36O5. The van der Waals surface area contributed by atoms with Crippen molar-refractivity contribution in [2.24, 2.45) is 40.4 Å². The van der Waals surface area contributed by atoms with Gasteiger partial charge in [-0.2, -0.15) is 0 Å². The van der Waals surface area contributed by atoms with E-state index in [9.17, 15) is 14.4 Å². The van der Waals surface area contributed by atoms with Crippen molar-refractivity contribution in [2.45, 2.75) is 72.1 Å². The minimum Gasteiger partial charge on any atom is -0.458 e. The average Bonchev–Trinajstić information content (AvgIpc) is 3.05. The van der Waals surface area contributed by atoms with Crippen LogP contribution in [0.2, 0.25) is 0 Å². The monoisotopic (exact) mass is 416 g/mol. The smallest absolute Gasteiger partial charge is 0.308 e. The lowest BCUT2D eigenvalue weighted by molar-refractivity contribution is -0.151. The Labute approximate surface area is 179 Å². The molecule has 5 nitrogen and oxygen atoms in total. The molecule has 0 spiro atoms. The zero-order valence-electron chi connectivity index (χ0n) is 18.6. The van der Waals surface area contributed by atoms with Crippen molar-refractivity contribution in [1.29, 1.82) is 0 Å². The molecule has 0 saturated heterocycles. The molecule has 0 unspecified atom stereocenters. The first-order chi connectivity index (χ1) is 14.2. The summed E-state index contributed by atoms with van der Waals surface area (Å²) in [6.45, 7) is 6.55. The molecular weight excluding hydrogens is 380 g/mol. The second-order valence-corrected chi connectivity index (χ2v) is 10.8. The Bertz CT molecular complexity index is 770. The summed E-state index contributed by atoms with van der Waals surface area (Å²) >= 11 is 0. The van der Waals surface area contributed by atoms with Gasteiger partial charge >= 0.3 is 5.97 Å². The largest absolute Gasteiger partial charge is 0.458 e. The van der Waals surface area contributed by atoms with Gasteiger partial charge in [0.2, 0.25) is 0 Å². The van der Waals surface area contributed by atoms with Crippen LogP contribution in [-0.2, 0) is 19.1 Å². The third kappa shape index (κ3) is 3.37. The normalized spacial score (nSPS) is 42.6. The molecule has 4 aliphatic carbocycles. The van der Waals surface area contributed by atoms with E-state index in [0.29, 0.717) is 30.1 Å². The van der Waals surface area contributed by atoms with Gasteiger partial charge in [0.15, 0.2) is 11.6 Å².